The van der Waals surface area contributed by atoms with Gasteiger partial charge in [-0.25, -0.2) is 4.68 Å². The molecule has 1 fully saturated rings. The predicted molar refractivity (Wildman–Crippen MR) is 143 cm³/mol. The van der Waals surface area contributed by atoms with Crippen LogP contribution in [0.1, 0.15) is 51.6 Å². The molecule has 0 radical (unpaired) electrons. The summed E-state index contributed by atoms with van der Waals surface area (Å²) in [6.07, 6.45) is 2.24. The Hall–Kier alpha value is -3.66. The lowest BCUT2D eigenvalue weighted by Crippen LogP contribution is -2.52. The zero-order valence-corrected chi connectivity index (χ0v) is 22.8. The molecule has 2 amide bonds. The number of ether oxygens (including phenoxy) is 3. The molecule has 38 heavy (non-hydrogen) atoms. The average molecular weight is 524 g/mol. The second-order valence-electron chi connectivity index (χ2n) is 10.2. The maximum atomic E-state index is 14.1. The van der Waals surface area contributed by atoms with Crippen LogP contribution < -0.4 is 14.8 Å². The van der Waals surface area contributed by atoms with Gasteiger partial charge in [-0.05, 0) is 63.4 Å². The van der Waals surface area contributed by atoms with Crippen LogP contribution in [0.25, 0.3) is 11.0 Å². The third-order valence-electron chi connectivity index (χ3n) is 7.09. The van der Waals surface area contributed by atoms with E-state index in [1.54, 1.807) is 42.0 Å². The van der Waals surface area contributed by atoms with Gasteiger partial charge < -0.3 is 24.4 Å². The molecule has 2 atom stereocenters. The summed E-state index contributed by atoms with van der Waals surface area (Å²) in [6, 6.07) is 11.7. The van der Waals surface area contributed by atoms with Crippen LogP contribution in [0.4, 0.5) is 0 Å². The van der Waals surface area contributed by atoms with E-state index in [9.17, 15) is 9.59 Å². The van der Waals surface area contributed by atoms with Crippen LogP contribution in [0.3, 0.4) is 0 Å². The summed E-state index contributed by atoms with van der Waals surface area (Å²) in [5.41, 5.74) is 1.48. The van der Waals surface area contributed by atoms with Crippen LogP contribution in [0.5, 0.6) is 11.5 Å². The van der Waals surface area contributed by atoms with E-state index in [1.807, 2.05) is 45.0 Å². The number of fused-ring (bicyclic) bond motifs is 1. The van der Waals surface area contributed by atoms with Crippen molar-refractivity contribution in [3.8, 4) is 11.5 Å². The molecule has 4 rings (SSSR count). The molecular weight excluding hydrogens is 486 g/mol. The lowest BCUT2D eigenvalue weighted by atomic mass is 9.97. The van der Waals surface area contributed by atoms with E-state index in [0.29, 0.717) is 35.6 Å². The summed E-state index contributed by atoms with van der Waals surface area (Å²) < 4.78 is 18.6. The smallest absolute Gasteiger partial charge is 0.248 e. The Morgan fingerprint density at radius 3 is 2.68 bits per heavy atom. The Morgan fingerprint density at radius 1 is 1.21 bits per heavy atom. The molecule has 3 aromatic rings. The van der Waals surface area contributed by atoms with Crippen molar-refractivity contribution in [3.63, 3.8) is 0 Å². The summed E-state index contributed by atoms with van der Waals surface area (Å²) in [5.74, 6) is 0.449. The number of benzene rings is 2. The summed E-state index contributed by atoms with van der Waals surface area (Å²) in [7, 11) is 3.11. The molecule has 1 N–H and O–H groups in total. The first kappa shape index (κ1) is 27.4. The van der Waals surface area contributed by atoms with Gasteiger partial charge in [-0.3, -0.25) is 9.59 Å². The second-order valence-corrected chi connectivity index (χ2v) is 10.2. The molecule has 0 unspecified atom stereocenters. The molecule has 10 nitrogen and oxygen atoms in total. The predicted octanol–water partition coefficient (Wildman–Crippen LogP) is 3.50. The van der Waals surface area contributed by atoms with Crippen molar-refractivity contribution in [1.29, 1.82) is 0 Å². The number of amides is 2. The highest BCUT2D eigenvalue weighted by atomic mass is 16.5. The minimum atomic E-state index is -0.989. The van der Waals surface area contributed by atoms with Gasteiger partial charge in [0, 0.05) is 24.3 Å². The maximum Gasteiger partial charge on any atom is 0.248 e. The van der Waals surface area contributed by atoms with Crippen molar-refractivity contribution in [2.75, 3.05) is 27.4 Å². The Kier molecular flexibility index (Phi) is 8.51. The number of hydrogen-bond acceptors (Lipinski definition) is 7. The van der Waals surface area contributed by atoms with Crippen LogP contribution in [-0.2, 0) is 20.9 Å². The van der Waals surface area contributed by atoms with Crippen LogP contribution >= 0.6 is 0 Å². The van der Waals surface area contributed by atoms with Gasteiger partial charge in [0.15, 0.2) is 0 Å². The van der Waals surface area contributed by atoms with E-state index in [1.165, 1.54) is 0 Å². The first-order chi connectivity index (χ1) is 18.3. The van der Waals surface area contributed by atoms with E-state index in [-0.39, 0.29) is 31.0 Å². The second kappa shape index (κ2) is 11.8. The van der Waals surface area contributed by atoms with Gasteiger partial charge in [0.1, 0.15) is 29.6 Å². The van der Waals surface area contributed by atoms with Crippen molar-refractivity contribution < 1.29 is 23.8 Å². The molecule has 0 bridgehead atoms. The third-order valence-corrected chi connectivity index (χ3v) is 7.09. The van der Waals surface area contributed by atoms with Gasteiger partial charge in [0.25, 0.3) is 0 Å². The Balaban J connectivity index is 1.79. The molecular formula is C28H37N5O5. The lowest BCUT2D eigenvalue weighted by molar-refractivity contribution is -0.144. The van der Waals surface area contributed by atoms with Crippen molar-refractivity contribution in [2.24, 2.45) is 0 Å². The van der Waals surface area contributed by atoms with E-state index in [4.69, 9.17) is 14.2 Å². The highest BCUT2D eigenvalue weighted by Gasteiger charge is 2.38. The maximum absolute atomic E-state index is 14.1. The molecule has 1 aromatic heterocycles. The number of methoxy groups -OCH3 is 2. The van der Waals surface area contributed by atoms with E-state index >= 15 is 0 Å². The van der Waals surface area contributed by atoms with Crippen LogP contribution in [0.15, 0.2) is 42.5 Å². The van der Waals surface area contributed by atoms with Gasteiger partial charge >= 0.3 is 0 Å². The number of carbonyl (C=O) groups is 2. The Labute approximate surface area is 223 Å². The third kappa shape index (κ3) is 6.07. The van der Waals surface area contributed by atoms with E-state index in [2.05, 4.69) is 15.6 Å². The van der Waals surface area contributed by atoms with Crippen molar-refractivity contribution in [1.82, 2.24) is 25.2 Å². The lowest BCUT2D eigenvalue weighted by Gasteiger charge is -2.36. The summed E-state index contributed by atoms with van der Waals surface area (Å²) in [6.45, 7) is 6.71. The molecule has 1 saturated heterocycles. The summed E-state index contributed by atoms with van der Waals surface area (Å²) >= 11 is 0. The highest BCUT2D eigenvalue weighted by Crippen LogP contribution is 2.35. The van der Waals surface area contributed by atoms with Crippen molar-refractivity contribution in [3.05, 3.63) is 48.0 Å². The SMILES string of the molecule is CCC(C)(C)NC(=O)[C@@H](c1cc(OC)ccc1OC)N(C[C@H]1CCCO1)C(=O)Cn1nnc2ccccc21. The fraction of sp³-hybridized carbons (Fsp3) is 0.500. The number of aromatic nitrogens is 3. The zero-order valence-electron chi connectivity index (χ0n) is 22.8. The molecule has 0 aliphatic carbocycles. The van der Waals surface area contributed by atoms with Gasteiger partial charge in [-0.15, -0.1) is 5.10 Å². The minimum absolute atomic E-state index is 0.0829. The molecule has 10 heteroatoms. The van der Waals surface area contributed by atoms with Gasteiger partial charge in [0.2, 0.25) is 11.8 Å². The average Bonchev–Trinajstić information content (AvgIpc) is 3.58. The number of para-hydroxylation sites is 1. The Bertz CT molecular complexity index is 1270. The number of hydrogen-bond donors (Lipinski definition) is 1. The molecule has 0 saturated carbocycles. The fourth-order valence-corrected chi connectivity index (χ4v) is 4.61. The van der Waals surface area contributed by atoms with Crippen LogP contribution in [0, 0.1) is 0 Å². The van der Waals surface area contributed by atoms with Crippen LogP contribution in [-0.4, -0.2) is 70.7 Å². The van der Waals surface area contributed by atoms with Gasteiger partial charge in [0.05, 0.1) is 25.8 Å². The number of nitrogens with one attached hydrogen (secondary N) is 1. The summed E-state index contributed by atoms with van der Waals surface area (Å²) in [4.78, 5) is 29.7. The molecule has 204 valence electrons. The molecule has 2 heterocycles. The van der Waals surface area contributed by atoms with E-state index < -0.39 is 11.6 Å². The van der Waals surface area contributed by atoms with Gasteiger partial charge in [-0.2, -0.15) is 0 Å². The van der Waals surface area contributed by atoms with Gasteiger partial charge in [-0.1, -0.05) is 24.3 Å². The molecule has 2 aromatic carbocycles. The molecule has 0 spiro atoms. The van der Waals surface area contributed by atoms with Crippen LogP contribution in [0.2, 0.25) is 0 Å². The standard InChI is InChI=1S/C28H37N5O5/c1-6-28(2,3)29-27(35)26(21-16-19(36-4)13-14-24(21)37-5)32(17-20-10-9-15-38-20)25(34)18-33-23-12-8-7-11-22(23)30-31-33/h7-8,11-14,16,20,26H,6,9-10,15,17-18H2,1-5H3,(H,29,35)/t20-,26-/m1/s1. The first-order valence-corrected chi connectivity index (χ1v) is 13.0. The van der Waals surface area contributed by atoms with Crippen molar-refractivity contribution >= 4 is 22.8 Å². The number of rotatable bonds is 11. The van der Waals surface area contributed by atoms with E-state index in [0.717, 1.165) is 18.4 Å². The largest absolute Gasteiger partial charge is 0.497 e. The van der Waals surface area contributed by atoms with Crippen molar-refractivity contribution in [2.45, 2.75) is 64.3 Å². The number of nitrogens with zero attached hydrogens (tertiary/aromatic N) is 4. The summed E-state index contributed by atoms with van der Waals surface area (Å²) in [5, 5.41) is 11.5. The number of carbonyl (C=O) groups excluding carboxylic acids is 2. The Morgan fingerprint density at radius 2 is 2.00 bits per heavy atom. The monoisotopic (exact) mass is 523 g/mol. The molecule has 1 aliphatic rings. The zero-order chi connectivity index (χ0) is 27.3. The fourth-order valence-electron chi connectivity index (χ4n) is 4.61. The highest BCUT2D eigenvalue weighted by molar-refractivity contribution is 5.90. The quantitative estimate of drug-likeness (QED) is 0.410. The molecule has 1 aliphatic heterocycles. The minimum Gasteiger partial charge on any atom is -0.497 e. The topological polar surface area (TPSA) is 108 Å². The first-order valence-electron chi connectivity index (χ1n) is 13.0. The normalized spacial score (nSPS) is 16.3.